The first-order valence-electron chi connectivity index (χ1n) is 7.05. The Morgan fingerprint density at radius 1 is 1.32 bits per heavy atom. The average Bonchev–Trinajstić information content (AvgIpc) is 2.52. The molecule has 5 nitrogen and oxygen atoms in total. The number of amides is 1. The van der Waals surface area contributed by atoms with Gasteiger partial charge in [0.25, 0.3) is 5.91 Å². The van der Waals surface area contributed by atoms with Gasteiger partial charge in [0.05, 0.1) is 7.11 Å². The Hall–Kier alpha value is -1.89. The van der Waals surface area contributed by atoms with Crippen molar-refractivity contribution in [2.45, 2.75) is 38.8 Å². The Kier molecular flexibility index (Phi) is 6.55. The molecule has 0 bridgehead atoms. The average molecular weight is 316 g/mol. The Labute approximate surface area is 128 Å². The minimum Gasteiger partial charge on any atom is -0.493 e. The molecule has 0 saturated heterocycles. The standard InChI is InChI=1S/C15H22F2N2O3/c1-4-15(18,5-2)9-19-13(20)10-6-7-11(22-14(16)17)12(8-10)21-3/h6-8,14H,4-5,9,18H2,1-3H3,(H,19,20). The number of halogens is 2. The summed E-state index contributed by atoms with van der Waals surface area (Å²) >= 11 is 0. The van der Waals surface area contributed by atoms with Crippen molar-refractivity contribution in [1.82, 2.24) is 5.32 Å². The molecule has 0 aromatic heterocycles. The van der Waals surface area contributed by atoms with E-state index in [1.165, 1.54) is 25.3 Å². The number of carbonyl (C=O) groups is 1. The summed E-state index contributed by atoms with van der Waals surface area (Å²) in [5, 5.41) is 2.74. The lowest BCUT2D eigenvalue weighted by Crippen LogP contribution is -2.49. The van der Waals surface area contributed by atoms with E-state index in [-0.39, 0.29) is 23.0 Å². The number of methoxy groups -OCH3 is 1. The summed E-state index contributed by atoms with van der Waals surface area (Å²) < 4.78 is 33.8. The van der Waals surface area contributed by atoms with Crippen LogP contribution in [0.5, 0.6) is 11.5 Å². The summed E-state index contributed by atoms with van der Waals surface area (Å²) in [4.78, 5) is 12.1. The van der Waals surface area contributed by atoms with E-state index in [0.717, 1.165) is 12.8 Å². The maximum absolute atomic E-state index is 12.3. The second-order valence-corrected chi connectivity index (χ2v) is 5.00. The van der Waals surface area contributed by atoms with Gasteiger partial charge in [-0.15, -0.1) is 0 Å². The van der Waals surface area contributed by atoms with E-state index < -0.39 is 12.2 Å². The van der Waals surface area contributed by atoms with Crippen molar-refractivity contribution in [2.75, 3.05) is 13.7 Å². The van der Waals surface area contributed by atoms with Crippen molar-refractivity contribution >= 4 is 5.91 Å². The summed E-state index contributed by atoms with van der Waals surface area (Å²) in [5.41, 5.74) is 5.94. The number of ether oxygens (including phenoxy) is 2. The lowest BCUT2D eigenvalue weighted by Gasteiger charge is -2.26. The van der Waals surface area contributed by atoms with Gasteiger partial charge in [-0.1, -0.05) is 13.8 Å². The van der Waals surface area contributed by atoms with Gasteiger partial charge in [-0.05, 0) is 31.0 Å². The van der Waals surface area contributed by atoms with Gasteiger partial charge in [0.15, 0.2) is 11.5 Å². The van der Waals surface area contributed by atoms with Gasteiger partial charge >= 0.3 is 6.61 Å². The molecule has 124 valence electrons. The van der Waals surface area contributed by atoms with Crippen LogP contribution in [-0.2, 0) is 0 Å². The largest absolute Gasteiger partial charge is 0.493 e. The Bertz CT molecular complexity index is 506. The Morgan fingerprint density at radius 3 is 2.45 bits per heavy atom. The molecule has 1 amide bonds. The second-order valence-electron chi connectivity index (χ2n) is 5.00. The van der Waals surface area contributed by atoms with Gasteiger partial charge in [0.1, 0.15) is 0 Å². The molecule has 0 saturated carbocycles. The molecule has 22 heavy (non-hydrogen) atoms. The second kappa shape index (κ2) is 7.93. The van der Waals surface area contributed by atoms with Gasteiger partial charge in [-0.3, -0.25) is 4.79 Å². The maximum atomic E-state index is 12.3. The van der Waals surface area contributed by atoms with E-state index in [9.17, 15) is 13.6 Å². The minimum atomic E-state index is -2.96. The van der Waals surface area contributed by atoms with Crippen LogP contribution in [0, 0.1) is 0 Å². The van der Waals surface area contributed by atoms with E-state index in [2.05, 4.69) is 10.1 Å². The van der Waals surface area contributed by atoms with Crippen LogP contribution < -0.4 is 20.5 Å². The summed E-state index contributed by atoms with van der Waals surface area (Å²) in [5.74, 6) is -0.402. The fourth-order valence-electron chi connectivity index (χ4n) is 1.86. The molecule has 1 aromatic carbocycles. The fraction of sp³-hybridized carbons (Fsp3) is 0.533. The highest BCUT2D eigenvalue weighted by atomic mass is 19.3. The van der Waals surface area contributed by atoms with Crippen molar-refractivity contribution < 1.29 is 23.0 Å². The van der Waals surface area contributed by atoms with Gasteiger partial charge in [-0.2, -0.15) is 8.78 Å². The van der Waals surface area contributed by atoms with Crippen LogP contribution in [-0.4, -0.2) is 31.7 Å². The van der Waals surface area contributed by atoms with Crippen molar-refractivity contribution in [3.05, 3.63) is 23.8 Å². The number of benzene rings is 1. The molecule has 0 unspecified atom stereocenters. The highest BCUT2D eigenvalue weighted by Gasteiger charge is 2.21. The molecule has 1 rings (SSSR count). The van der Waals surface area contributed by atoms with Gasteiger partial charge < -0.3 is 20.5 Å². The molecular formula is C15H22F2N2O3. The first-order chi connectivity index (χ1) is 10.3. The third-order valence-corrected chi connectivity index (χ3v) is 3.65. The zero-order valence-electron chi connectivity index (χ0n) is 13.0. The molecule has 7 heteroatoms. The first-order valence-corrected chi connectivity index (χ1v) is 7.05. The number of carbonyl (C=O) groups excluding carboxylic acids is 1. The predicted molar refractivity (Wildman–Crippen MR) is 79.5 cm³/mol. The van der Waals surface area contributed by atoms with Crippen LogP contribution in [0.3, 0.4) is 0 Å². The van der Waals surface area contributed by atoms with Crippen molar-refractivity contribution in [3.63, 3.8) is 0 Å². The monoisotopic (exact) mass is 316 g/mol. The molecule has 0 atom stereocenters. The molecule has 0 fully saturated rings. The fourth-order valence-corrected chi connectivity index (χ4v) is 1.86. The van der Waals surface area contributed by atoms with E-state index in [0.29, 0.717) is 6.54 Å². The summed E-state index contributed by atoms with van der Waals surface area (Å²) in [6.07, 6.45) is 1.46. The first kappa shape index (κ1) is 18.2. The molecular weight excluding hydrogens is 294 g/mol. The number of hydrogen-bond acceptors (Lipinski definition) is 4. The molecule has 1 aromatic rings. The molecule has 3 N–H and O–H groups in total. The zero-order chi connectivity index (χ0) is 16.8. The number of nitrogens with one attached hydrogen (secondary N) is 1. The van der Waals surface area contributed by atoms with E-state index >= 15 is 0 Å². The summed E-state index contributed by atoms with van der Waals surface area (Å²) in [6, 6.07) is 4.02. The third kappa shape index (κ3) is 4.84. The molecule has 0 aliphatic heterocycles. The molecule has 0 heterocycles. The highest BCUT2D eigenvalue weighted by molar-refractivity contribution is 5.94. The number of hydrogen-bond donors (Lipinski definition) is 2. The number of rotatable bonds is 8. The van der Waals surface area contributed by atoms with E-state index in [4.69, 9.17) is 10.5 Å². The predicted octanol–water partition coefficient (Wildman–Crippen LogP) is 2.54. The van der Waals surface area contributed by atoms with Crippen LogP contribution in [0.1, 0.15) is 37.0 Å². The van der Waals surface area contributed by atoms with Crippen molar-refractivity contribution in [3.8, 4) is 11.5 Å². The number of alkyl halides is 2. The summed E-state index contributed by atoms with van der Waals surface area (Å²) in [7, 11) is 1.31. The lowest BCUT2D eigenvalue weighted by molar-refractivity contribution is -0.0512. The van der Waals surface area contributed by atoms with Crippen LogP contribution in [0.2, 0.25) is 0 Å². The molecule has 0 radical (unpaired) electrons. The topological polar surface area (TPSA) is 73.6 Å². The highest BCUT2D eigenvalue weighted by Crippen LogP contribution is 2.29. The van der Waals surface area contributed by atoms with Crippen LogP contribution >= 0.6 is 0 Å². The van der Waals surface area contributed by atoms with E-state index in [1.807, 2.05) is 13.8 Å². The quantitative estimate of drug-likeness (QED) is 0.773. The van der Waals surface area contributed by atoms with Gasteiger partial charge in [-0.25, -0.2) is 0 Å². The van der Waals surface area contributed by atoms with Crippen LogP contribution in [0.25, 0.3) is 0 Å². The molecule has 0 spiro atoms. The summed E-state index contributed by atoms with van der Waals surface area (Å²) in [6.45, 7) is 1.28. The normalized spacial score (nSPS) is 11.4. The minimum absolute atomic E-state index is 0.0675. The Morgan fingerprint density at radius 2 is 1.95 bits per heavy atom. The van der Waals surface area contributed by atoms with Crippen LogP contribution in [0.4, 0.5) is 8.78 Å². The van der Waals surface area contributed by atoms with Crippen LogP contribution in [0.15, 0.2) is 18.2 Å². The van der Waals surface area contributed by atoms with Crippen molar-refractivity contribution in [1.29, 1.82) is 0 Å². The third-order valence-electron chi connectivity index (χ3n) is 3.65. The SMILES string of the molecule is CCC(N)(CC)CNC(=O)c1ccc(OC(F)F)c(OC)c1. The Balaban J connectivity index is 2.82. The zero-order valence-corrected chi connectivity index (χ0v) is 13.0. The van der Waals surface area contributed by atoms with Gasteiger partial charge in [0, 0.05) is 17.6 Å². The molecule has 0 aliphatic carbocycles. The maximum Gasteiger partial charge on any atom is 0.387 e. The number of nitrogens with two attached hydrogens (primary N) is 1. The molecule has 0 aliphatic rings. The van der Waals surface area contributed by atoms with E-state index in [1.54, 1.807) is 0 Å². The lowest BCUT2D eigenvalue weighted by atomic mass is 9.94. The van der Waals surface area contributed by atoms with Crippen molar-refractivity contribution in [2.24, 2.45) is 5.73 Å². The smallest absolute Gasteiger partial charge is 0.387 e. The van der Waals surface area contributed by atoms with Gasteiger partial charge in [0.2, 0.25) is 0 Å².